The Balaban J connectivity index is 2.34. The second kappa shape index (κ2) is 3.70. The van der Waals surface area contributed by atoms with Crippen LogP contribution in [-0.2, 0) is 14.3 Å². The maximum Gasteiger partial charge on any atom is 0.302 e. The Labute approximate surface area is 72.1 Å². The largest absolute Gasteiger partial charge is 0.466 e. The lowest BCUT2D eigenvalue weighted by molar-refractivity contribution is -0.143. The van der Waals surface area contributed by atoms with Crippen molar-refractivity contribution in [3.05, 3.63) is 0 Å². The van der Waals surface area contributed by atoms with Crippen LogP contribution >= 0.6 is 0 Å². The highest BCUT2D eigenvalue weighted by atomic mass is 16.5. The van der Waals surface area contributed by atoms with Crippen LogP contribution in [0.15, 0.2) is 0 Å². The first-order chi connectivity index (χ1) is 5.61. The third kappa shape index (κ3) is 2.06. The van der Waals surface area contributed by atoms with Crippen LogP contribution in [0.1, 0.15) is 26.7 Å². The lowest BCUT2D eigenvalue weighted by atomic mass is 9.99. The summed E-state index contributed by atoms with van der Waals surface area (Å²) in [4.78, 5) is 21.6. The SMILES string of the molecule is CC(=O)OCC1CCC(=O)C1C. The molecule has 1 rings (SSSR count). The van der Waals surface area contributed by atoms with Crippen molar-refractivity contribution in [1.29, 1.82) is 0 Å². The number of rotatable bonds is 2. The van der Waals surface area contributed by atoms with Gasteiger partial charge in [0.1, 0.15) is 5.78 Å². The molecule has 1 aliphatic carbocycles. The summed E-state index contributed by atoms with van der Waals surface area (Å²) in [6, 6.07) is 0. The number of ether oxygens (including phenoxy) is 1. The Hall–Kier alpha value is -0.860. The van der Waals surface area contributed by atoms with E-state index in [-0.39, 0.29) is 17.8 Å². The summed E-state index contributed by atoms with van der Waals surface area (Å²) in [6.07, 6.45) is 1.51. The predicted molar refractivity (Wildman–Crippen MR) is 43.5 cm³/mol. The van der Waals surface area contributed by atoms with E-state index < -0.39 is 0 Å². The van der Waals surface area contributed by atoms with Gasteiger partial charge in [0.2, 0.25) is 0 Å². The van der Waals surface area contributed by atoms with Gasteiger partial charge >= 0.3 is 5.97 Å². The van der Waals surface area contributed by atoms with Crippen LogP contribution < -0.4 is 0 Å². The third-order valence-electron chi connectivity index (χ3n) is 2.48. The molecule has 68 valence electrons. The minimum Gasteiger partial charge on any atom is -0.466 e. The molecule has 0 bridgehead atoms. The standard InChI is InChI=1S/C9H14O3/c1-6-8(3-4-9(6)11)5-12-7(2)10/h6,8H,3-5H2,1-2H3. The highest BCUT2D eigenvalue weighted by molar-refractivity contribution is 5.83. The highest BCUT2D eigenvalue weighted by Crippen LogP contribution is 2.28. The minimum atomic E-state index is -0.262. The molecule has 1 saturated carbocycles. The van der Waals surface area contributed by atoms with Crippen LogP contribution in [0.2, 0.25) is 0 Å². The molecular weight excluding hydrogens is 156 g/mol. The second-order valence-electron chi connectivity index (χ2n) is 3.36. The zero-order chi connectivity index (χ0) is 9.14. The summed E-state index contributed by atoms with van der Waals surface area (Å²) in [7, 11) is 0. The Bertz CT molecular complexity index is 198. The first-order valence-electron chi connectivity index (χ1n) is 4.27. The first kappa shape index (κ1) is 9.23. The summed E-state index contributed by atoms with van der Waals surface area (Å²) < 4.78 is 4.85. The van der Waals surface area contributed by atoms with Gasteiger partial charge in [-0.15, -0.1) is 0 Å². The van der Waals surface area contributed by atoms with Crippen molar-refractivity contribution in [1.82, 2.24) is 0 Å². The van der Waals surface area contributed by atoms with E-state index in [9.17, 15) is 9.59 Å². The maximum absolute atomic E-state index is 11.1. The number of ketones is 1. The Kier molecular flexibility index (Phi) is 2.84. The van der Waals surface area contributed by atoms with Crippen LogP contribution in [0.4, 0.5) is 0 Å². The molecule has 3 heteroatoms. The summed E-state index contributed by atoms with van der Waals surface area (Å²) in [5.74, 6) is 0.361. The molecule has 0 radical (unpaired) electrons. The lowest BCUT2D eigenvalue weighted by Crippen LogP contribution is -2.17. The maximum atomic E-state index is 11.1. The number of carbonyl (C=O) groups is 2. The normalized spacial score (nSPS) is 29.0. The lowest BCUT2D eigenvalue weighted by Gasteiger charge is -2.12. The molecule has 12 heavy (non-hydrogen) atoms. The molecule has 0 aromatic heterocycles. The smallest absolute Gasteiger partial charge is 0.302 e. The minimum absolute atomic E-state index is 0.0735. The number of hydrogen-bond acceptors (Lipinski definition) is 3. The molecule has 2 atom stereocenters. The predicted octanol–water partition coefficient (Wildman–Crippen LogP) is 1.16. The van der Waals surface area contributed by atoms with Crippen LogP contribution in [0, 0.1) is 11.8 Å². The van der Waals surface area contributed by atoms with Gasteiger partial charge in [0.25, 0.3) is 0 Å². The molecule has 0 aromatic rings. The molecule has 0 aromatic carbocycles. The highest BCUT2D eigenvalue weighted by Gasteiger charge is 2.31. The Morgan fingerprint density at radius 3 is 2.75 bits per heavy atom. The molecule has 0 N–H and O–H groups in total. The van der Waals surface area contributed by atoms with Gasteiger partial charge in [-0.25, -0.2) is 0 Å². The van der Waals surface area contributed by atoms with E-state index in [1.54, 1.807) is 0 Å². The average Bonchev–Trinajstić information content (AvgIpc) is 2.30. The van der Waals surface area contributed by atoms with E-state index in [1.807, 2.05) is 6.92 Å². The molecule has 0 aliphatic heterocycles. The fraction of sp³-hybridized carbons (Fsp3) is 0.778. The van der Waals surface area contributed by atoms with Gasteiger partial charge in [0.05, 0.1) is 6.61 Å². The van der Waals surface area contributed by atoms with Crippen LogP contribution in [0.5, 0.6) is 0 Å². The molecule has 0 heterocycles. The van der Waals surface area contributed by atoms with Crippen molar-refractivity contribution in [2.45, 2.75) is 26.7 Å². The first-order valence-corrected chi connectivity index (χ1v) is 4.27. The molecule has 3 nitrogen and oxygen atoms in total. The van der Waals surface area contributed by atoms with Crippen molar-refractivity contribution >= 4 is 11.8 Å². The van der Waals surface area contributed by atoms with E-state index in [0.29, 0.717) is 18.8 Å². The number of carbonyl (C=O) groups excluding carboxylic acids is 2. The summed E-state index contributed by atoms with van der Waals surface area (Å²) >= 11 is 0. The summed E-state index contributed by atoms with van der Waals surface area (Å²) in [6.45, 7) is 3.70. The molecule has 0 amide bonds. The van der Waals surface area contributed by atoms with Crippen molar-refractivity contribution in [3.63, 3.8) is 0 Å². The molecule has 0 spiro atoms. The van der Waals surface area contributed by atoms with Gasteiger partial charge in [-0.2, -0.15) is 0 Å². The fourth-order valence-electron chi connectivity index (χ4n) is 1.52. The molecule has 1 fully saturated rings. The molecular formula is C9H14O3. The van der Waals surface area contributed by atoms with E-state index in [1.165, 1.54) is 6.92 Å². The van der Waals surface area contributed by atoms with Crippen molar-refractivity contribution in [2.75, 3.05) is 6.61 Å². The van der Waals surface area contributed by atoms with Crippen molar-refractivity contribution in [2.24, 2.45) is 11.8 Å². The van der Waals surface area contributed by atoms with Gasteiger partial charge in [0, 0.05) is 25.2 Å². The third-order valence-corrected chi connectivity index (χ3v) is 2.48. The van der Waals surface area contributed by atoms with Crippen LogP contribution in [0.25, 0.3) is 0 Å². The van der Waals surface area contributed by atoms with Gasteiger partial charge in [-0.3, -0.25) is 9.59 Å². The van der Waals surface area contributed by atoms with E-state index in [4.69, 9.17) is 4.74 Å². The quantitative estimate of drug-likeness (QED) is 0.584. The number of Topliss-reactive ketones (excluding diaryl/α,β-unsaturated/α-hetero) is 1. The average molecular weight is 170 g/mol. The van der Waals surface area contributed by atoms with E-state index in [2.05, 4.69) is 0 Å². The van der Waals surface area contributed by atoms with Crippen molar-refractivity contribution < 1.29 is 14.3 Å². The fourth-order valence-corrected chi connectivity index (χ4v) is 1.52. The van der Waals surface area contributed by atoms with Gasteiger partial charge in [0.15, 0.2) is 0 Å². The Morgan fingerprint density at radius 1 is 1.67 bits per heavy atom. The molecule has 1 aliphatic rings. The zero-order valence-corrected chi connectivity index (χ0v) is 7.50. The van der Waals surface area contributed by atoms with E-state index >= 15 is 0 Å². The van der Waals surface area contributed by atoms with Gasteiger partial charge < -0.3 is 4.74 Å². The van der Waals surface area contributed by atoms with Gasteiger partial charge in [-0.05, 0) is 6.42 Å². The summed E-state index contributed by atoms with van der Waals surface area (Å²) in [5.41, 5.74) is 0. The second-order valence-corrected chi connectivity index (χ2v) is 3.36. The molecule has 0 saturated heterocycles. The van der Waals surface area contributed by atoms with Crippen LogP contribution in [-0.4, -0.2) is 18.4 Å². The number of hydrogen-bond donors (Lipinski definition) is 0. The van der Waals surface area contributed by atoms with Crippen LogP contribution in [0.3, 0.4) is 0 Å². The Morgan fingerprint density at radius 2 is 2.33 bits per heavy atom. The number of esters is 1. The van der Waals surface area contributed by atoms with Gasteiger partial charge in [-0.1, -0.05) is 6.92 Å². The monoisotopic (exact) mass is 170 g/mol. The zero-order valence-electron chi connectivity index (χ0n) is 7.50. The van der Waals surface area contributed by atoms with Crippen molar-refractivity contribution in [3.8, 4) is 0 Å². The topological polar surface area (TPSA) is 43.4 Å². The van der Waals surface area contributed by atoms with E-state index in [0.717, 1.165) is 6.42 Å². The molecule has 2 unspecified atom stereocenters. The summed E-state index contributed by atoms with van der Waals surface area (Å²) in [5, 5.41) is 0.